The van der Waals surface area contributed by atoms with Gasteiger partial charge in [0.05, 0.1) is 0 Å². The summed E-state index contributed by atoms with van der Waals surface area (Å²) in [6, 6.07) is 8.67. The predicted octanol–water partition coefficient (Wildman–Crippen LogP) is 3.95. The highest BCUT2D eigenvalue weighted by atomic mass is 32.2. The fraction of sp³-hybridized carbons (Fsp3) is 0.231. The molecule has 1 aliphatic heterocycles. The van der Waals surface area contributed by atoms with E-state index in [0.717, 1.165) is 0 Å². The average Bonchev–Trinajstić information content (AvgIpc) is 2.65. The van der Waals surface area contributed by atoms with E-state index in [0.29, 0.717) is 5.25 Å². The van der Waals surface area contributed by atoms with E-state index in [4.69, 9.17) is 0 Å². The van der Waals surface area contributed by atoms with Crippen molar-refractivity contribution in [2.24, 2.45) is 0 Å². The first-order valence-electron chi connectivity index (χ1n) is 4.96. The third-order valence-electron chi connectivity index (χ3n) is 3.07. The Labute approximate surface area is 88.7 Å². The van der Waals surface area contributed by atoms with Crippen molar-refractivity contribution < 1.29 is 0 Å². The number of allylic oxidation sites excluding steroid dienone is 1. The van der Waals surface area contributed by atoms with Crippen LogP contribution in [0.3, 0.4) is 0 Å². The fourth-order valence-electron chi connectivity index (χ4n) is 2.18. The van der Waals surface area contributed by atoms with Crippen LogP contribution in [0.2, 0.25) is 0 Å². The standard InChI is InChI=1S/C13H12S/c1-8-9(2)14-12-7-10-5-3-4-6-11(10)13(8)12/h3-7,9H,1-2H3. The number of hydrogen-bond acceptors (Lipinski definition) is 1. The number of rotatable bonds is 0. The molecule has 0 nitrogen and oxygen atoms in total. The minimum Gasteiger partial charge on any atom is -0.118 e. The van der Waals surface area contributed by atoms with Crippen molar-refractivity contribution in [1.29, 1.82) is 0 Å². The molecular weight excluding hydrogens is 188 g/mol. The lowest BCUT2D eigenvalue weighted by molar-refractivity contribution is 1.14. The van der Waals surface area contributed by atoms with Gasteiger partial charge in [0.1, 0.15) is 0 Å². The largest absolute Gasteiger partial charge is 0.118 e. The van der Waals surface area contributed by atoms with E-state index in [2.05, 4.69) is 44.2 Å². The van der Waals surface area contributed by atoms with E-state index in [1.54, 1.807) is 0 Å². The Morgan fingerprint density at radius 1 is 1.21 bits per heavy atom. The molecule has 0 N–H and O–H groups in total. The zero-order valence-electron chi connectivity index (χ0n) is 8.37. The molecule has 1 heterocycles. The van der Waals surface area contributed by atoms with E-state index in [1.165, 1.54) is 27.2 Å². The van der Waals surface area contributed by atoms with Crippen molar-refractivity contribution in [3.8, 4) is 0 Å². The molecule has 1 heteroatoms. The Balaban J connectivity index is 2.27. The van der Waals surface area contributed by atoms with Crippen molar-refractivity contribution in [2.45, 2.75) is 19.1 Å². The maximum atomic E-state index is 2.32. The second kappa shape index (κ2) is 2.77. The van der Waals surface area contributed by atoms with Crippen LogP contribution in [-0.4, -0.2) is 5.25 Å². The SMILES string of the molecule is CC1=C2C(=Cc3ccccc32)SC1C. The molecule has 0 saturated carbocycles. The van der Waals surface area contributed by atoms with Gasteiger partial charge in [0.25, 0.3) is 0 Å². The molecule has 1 atom stereocenters. The zero-order valence-corrected chi connectivity index (χ0v) is 9.19. The summed E-state index contributed by atoms with van der Waals surface area (Å²) in [4.78, 5) is 1.47. The van der Waals surface area contributed by atoms with Gasteiger partial charge in [-0.3, -0.25) is 0 Å². The van der Waals surface area contributed by atoms with Crippen molar-refractivity contribution in [3.05, 3.63) is 45.9 Å². The molecule has 1 aromatic carbocycles. The van der Waals surface area contributed by atoms with Crippen LogP contribution in [0.25, 0.3) is 11.6 Å². The molecule has 0 radical (unpaired) electrons. The molecule has 1 unspecified atom stereocenters. The van der Waals surface area contributed by atoms with Crippen LogP contribution in [0, 0.1) is 0 Å². The van der Waals surface area contributed by atoms with Crippen molar-refractivity contribution in [2.75, 3.05) is 0 Å². The van der Waals surface area contributed by atoms with Crippen LogP contribution in [-0.2, 0) is 0 Å². The van der Waals surface area contributed by atoms with Crippen molar-refractivity contribution in [1.82, 2.24) is 0 Å². The summed E-state index contributed by atoms with van der Waals surface area (Å²) < 4.78 is 0. The molecular formula is C13H12S. The highest BCUT2D eigenvalue weighted by Crippen LogP contribution is 2.51. The molecule has 1 aliphatic carbocycles. The van der Waals surface area contributed by atoms with Crippen LogP contribution < -0.4 is 0 Å². The molecule has 0 bridgehead atoms. The second-order valence-electron chi connectivity index (χ2n) is 3.91. The highest BCUT2D eigenvalue weighted by molar-refractivity contribution is 8.05. The van der Waals surface area contributed by atoms with Crippen molar-refractivity contribution >= 4 is 23.4 Å². The second-order valence-corrected chi connectivity index (χ2v) is 5.30. The van der Waals surface area contributed by atoms with Crippen LogP contribution in [0.1, 0.15) is 25.0 Å². The van der Waals surface area contributed by atoms with Crippen LogP contribution in [0.5, 0.6) is 0 Å². The molecule has 0 saturated heterocycles. The molecule has 0 amide bonds. The minimum atomic E-state index is 0.657. The topological polar surface area (TPSA) is 0 Å². The third kappa shape index (κ3) is 0.963. The van der Waals surface area contributed by atoms with E-state index in [9.17, 15) is 0 Å². The lowest BCUT2D eigenvalue weighted by Gasteiger charge is -2.04. The Bertz CT molecular complexity index is 466. The summed E-state index contributed by atoms with van der Waals surface area (Å²) in [5.74, 6) is 0. The summed E-state index contributed by atoms with van der Waals surface area (Å²) >= 11 is 1.99. The van der Waals surface area contributed by atoms with Gasteiger partial charge in [-0.2, -0.15) is 0 Å². The summed E-state index contributed by atoms with van der Waals surface area (Å²) in [6.07, 6.45) is 2.32. The monoisotopic (exact) mass is 200 g/mol. The number of hydrogen-bond donors (Lipinski definition) is 0. The van der Waals surface area contributed by atoms with Gasteiger partial charge in [-0.05, 0) is 36.6 Å². The van der Waals surface area contributed by atoms with Gasteiger partial charge in [0.2, 0.25) is 0 Å². The highest BCUT2D eigenvalue weighted by Gasteiger charge is 2.29. The Hall–Kier alpha value is -0.950. The van der Waals surface area contributed by atoms with Gasteiger partial charge in [0.15, 0.2) is 0 Å². The smallest absolute Gasteiger partial charge is 0.0282 e. The van der Waals surface area contributed by atoms with E-state index < -0.39 is 0 Å². The number of benzene rings is 1. The van der Waals surface area contributed by atoms with E-state index >= 15 is 0 Å². The van der Waals surface area contributed by atoms with Gasteiger partial charge in [-0.15, -0.1) is 11.8 Å². The zero-order chi connectivity index (χ0) is 9.71. The summed E-state index contributed by atoms with van der Waals surface area (Å²) in [5, 5.41) is 0.657. The Kier molecular flexibility index (Phi) is 1.65. The van der Waals surface area contributed by atoms with Crippen LogP contribution >= 0.6 is 11.8 Å². The first-order chi connectivity index (χ1) is 6.77. The first kappa shape index (κ1) is 8.37. The first-order valence-corrected chi connectivity index (χ1v) is 5.84. The summed E-state index contributed by atoms with van der Waals surface area (Å²) in [7, 11) is 0. The number of fused-ring (bicyclic) bond motifs is 3. The maximum Gasteiger partial charge on any atom is 0.0282 e. The van der Waals surface area contributed by atoms with E-state index in [-0.39, 0.29) is 0 Å². The summed E-state index contributed by atoms with van der Waals surface area (Å²) in [6.45, 7) is 4.55. The molecule has 0 spiro atoms. The molecule has 3 rings (SSSR count). The minimum absolute atomic E-state index is 0.657. The van der Waals surface area contributed by atoms with Gasteiger partial charge < -0.3 is 0 Å². The molecule has 0 aromatic heterocycles. The van der Waals surface area contributed by atoms with E-state index in [1.807, 2.05) is 11.8 Å². The summed E-state index contributed by atoms with van der Waals surface area (Å²) in [5.41, 5.74) is 5.84. The number of thioether (sulfide) groups is 1. The molecule has 0 fully saturated rings. The van der Waals surface area contributed by atoms with Gasteiger partial charge in [0, 0.05) is 10.2 Å². The van der Waals surface area contributed by atoms with Gasteiger partial charge in [-0.1, -0.05) is 29.8 Å². The van der Waals surface area contributed by atoms with Crippen LogP contribution in [0.4, 0.5) is 0 Å². The lowest BCUT2D eigenvalue weighted by Crippen LogP contribution is -1.92. The Morgan fingerprint density at radius 2 is 2.00 bits per heavy atom. The molecule has 1 aromatic rings. The van der Waals surface area contributed by atoms with Crippen molar-refractivity contribution in [3.63, 3.8) is 0 Å². The van der Waals surface area contributed by atoms with Gasteiger partial charge >= 0.3 is 0 Å². The Morgan fingerprint density at radius 3 is 2.86 bits per heavy atom. The normalized spacial score (nSPS) is 23.6. The molecule has 70 valence electrons. The van der Waals surface area contributed by atoms with Crippen LogP contribution in [0.15, 0.2) is 34.7 Å². The third-order valence-corrected chi connectivity index (χ3v) is 4.35. The maximum absolute atomic E-state index is 2.32. The average molecular weight is 200 g/mol. The molecule has 2 aliphatic rings. The van der Waals surface area contributed by atoms with Gasteiger partial charge in [-0.25, -0.2) is 0 Å². The lowest BCUT2D eigenvalue weighted by atomic mass is 10.0. The fourth-order valence-corrected chi connectivity index (χ4v) is 3.44. The molecule has 14 heavy (non-hydrogen) atoms. The predicted molar refractivity (Wildman–Crippen MR) is 64.1 cm³/mol. The quantitative estimate of drug-likeness (QED) is 0.611.